The standard InChI is InChI=1S/C12H17FN2O2S2/c1-14-19(16,17)9-3-4-11(10(13)7-9)15-8-12(18-2)5-6-12/h3-4,7,14-15H,5-6,8H2,1-2H3. The van der Waals surface area contributed by atoms with E-state index in [1.165, 1.54) is 19.2 Å². The molecule has 19 heavy (non-hydrogen) atoms. The van der Waals surface area contributed by atoms with Crippen LogP contribution in [0.15, 0.2) is 23.1 Å². The van der Waals surface area contributed by atoms with Gasteiger partial charge in [0.15, 0.2) is 0 Å². The number of halogens is 1. The number of anilines is 1. The van der Waals surface area contributed by atoms with Crippen LogP contribution >= 0.6 is 11.8 Å². The van der Waals surface area contributed by atoms with Crippen LogP contribution in [0, 0.1) is 5.82 Å². The molecule has 0 spiro atoms. The molecule has 0 amide bonds. The highest BCUT2D eigenvalue weighted by atomic mass is 32.2. The van der Waals surface area contributed by atoms with Crippen LogP contribution in [0.3, 0.4) is 0 Å². The van der Waals surface area contributed by atoms with Crippen LogP contribution in [-0.2, 0) is 10.0 Å². The molecule has 106 valence electrons. The van der Waals surface area contributed by atoms with E-state index in [9.17, 15) is 12.8 Å². The maximum atomic E-state index is 13.9. The molecular weight excluding hydrogens is 287 g/mol. The number of sulfonamides is 1. The van der Waals surface area contributed by atoms with Crippen LogP contribution in [-0.4, -0.2) is 33.0 Å². The molecule has 1 aliphatic carbocycles. The summed E-state index contributed by atoms with van der Waals surface area (Å²) in [6.45, 7) is 0.698. The maximum absolute atomic E-state index is 13.9. The fourth-order valence-corrected chi connectivity index (χ4v) is 3.24. The van der Waals surface area contributed by atoms with Gasteiger partial charge in [-0.15, -0.1) is 0 Å². The highest BCUT2D eigenvalue weighted by Gasteiger charge is 2.41. The third-order valence-electron chi connectivity index (χ3n) is 3.36. The lowest BCUT2D eigenvalue weighted by molar-refractivity contribution is 0.584. The Labute approximate surface area is 117 Å². The van der Waals surface area contributed by atoms with Crippen molar-refractivity contribution in [3.63, 3.8) is 0 Å². The molecular formula is C12H17FN2O2S2. The topological polar surface area (TPSA) is 58.2 Å². The van der Waals surface area contributed by atoms with Gasteiger partial charge in [0.05, 0.1) is 10.6 Å². The van der Waals surface area contributed by atoms with Gasteiger partial charge in [0.1, 0.15) is 5.82 Å². The molecule has 1 saturated carbocycles. The maximum Gasteiger partial charge on any atom is 0.240 e. The minimum Gasteiger partial charge on any atom is -0.381 e. The molecule has 0 radical (unpaired) electrons. The van der Waals surface area contributed by atoms with Crippen molar-refractivity contribution in [1.29, 1.82) is 0 Å². The molecule has 1 aromatic carbocycles. The van der Waals surface area contributed by atoms with Crippen molar-refractivity contribution < 1.29 is 12.8 Å². The van der Waals surface area contributed by atoms with Crippen molar-refractivity contribution >= 4 is 27.5 Å². The second kappa shape index (κ2) is 5.30. The van der Waals surface area contributed by atoms with Gasteiger partial charge in [-0.05, 0) is 44.3 Å². The first-order valence-electron chi connectivity index (χ1n) is 5.95. The lowest BCUT2D eigenvalue weighted by atomic mass is 10.3. The van der Waals surface area contributed by atoms with Gasteiger partial charge in [-0.2, -0.15) is 11.8 Å². The molecule has 4 nitrogen and oxygen atoms in total. The molecule has 0 saturated heterocycles. The van der Waals surface area contributed by atoms with Gasteiger partial charge in [-0.3, -0.25) is 0 Å². The first-order chi connectivity index (χ1) is 8.92. The van der Waals surface area contributed by atoms with Crippen molar-refractivity contribution in [2.75, 3.05) is 25.2 Å². The number of hydrogen-bond donors (Lipinski definition) is 2. The third kappa shape index (κ3) is 3.21. The van der Waals surface area contributed by atoms with E-state index in [1.807, 2.05) is 6.26 Å². The Hall–Kier alpha value is -0.790. The minimum atomic E-state index is -3.60. The first-order valence-corrected chi connectivity index (χ1v) is 8.65. The fraction of sp³-hybridized carbons (Fsp3) is 0.500. The van der Waals surface area contributed by atoms with Gasteiger partial charge >= 0.3 is 0 Å². The van der Waals surface area contributed by atoms with Crippen molar-refractivity contribution in [3.05, 3.63) is 24.0 Å². The third-order valence-corrected chi connectivity index (χ3v) is 6.19. The molecule has 1 aromatic rings. The van der Waals surface area contributed by atoms with Gasteiger partial charge in [0, 0.05) is 11.3 Å². The van der Waals surface area contributed by atoms with Crippen molar-refractivity contribution in [1.82, 2.24) is 4.72 Å². The quantitative estimate of drug-likeness (QED) is 0.844. The summed E-state index contributed by atoms with van der Waals surface area (Å²) in [6.07, 6.45) is 4.32. The lowest BCUT2D eigenvalue weighted by Gasteiger charge is -2.15. The predicted molar refractivity (Wildman–Crippen MR) is 76.6 cm³/mol. The second-order valence-corrected chi connectivity index (χ2v) is 7.75. The van der Waals surface area contributed by atoms with E-state index in [2.05, 4.69) is 10.0 Å². The predicted octanol–water partition coefficient (Wildman–Crippen LogP) is 2.04. The average Bonchev–Trinajstić information content (AvgIpc) is 3.18. The highest BCUT2D eigenvalue weighted by molar-refractivity contribution is 8.00. The van der Waals surface area contributed by atoms with E-state index in [4.69, 9.17) is 0 Å². The summed E-state index contributed by atoms with van der Waals surface area (Å²) in [5.74, 6) is -0.548. The van der Waals surface area contributed by atoms with E-state index in [-0.39, 0.29) is 9.64 Å². The summed E-state index contributed by atoms with van der Waals surface area (Å²) in [5.41, 5.74) is 0.343. The molecule has 1 aliphatic rings. The van der Waals surface area contributed by atoms with Crippen LogP contribution in [0.2, 0.25) is 0 Å². The van der Waals surface area contributed by atoms with E-state index >= 15 is 0 Å². The highest BCUT2D eigenvalue weighted by Crippen LogP contribution is 2.47. The molecule has 0 atom stereocenters. The monoisotopic (exact) mass is 304 g/mol. The normalized spacial score (nSPS) is 17.2. The van der Waals surface area contributed by atoms with Crippen LogP contribution in [0.5, 0.6) is 0 Å². The number of rotatable bonds is 6. The number of nitrogens with one attached hydrogen (secondary N) is 2. The van der Waals surface area contributed by atoms with Gasteiger partial charge in [-0.25, -0.2) is 17.5 Å². The van der Waals surface area contributed by atoms with Gasteiger partial charge < -0.3 is 5.32 Å². The zero-order chi connectivity index (χ0) is 14.1. The number of thioether (sulfide) groups is 1. The zero-order valence-corrected chi connectivity index (χ0v) is 12.5. The Morgan fingerprint density at radius 1 is 1.42 bits per heavy atom. The minimum absolute atomic E-state index is 0.0657. The molecule has 0 heterocycles. The zero-order valence-electron chi connectivity index (χ0n) is 10.9. The Bertz CT molecular complexity index is 571. The molecule has 1 fully saturated rings. The Morgan fingerprint density at radius 2 is 2.11 bits per heavy atom. The largest absolute Gasteiger partial charge is 0.381 e. The van der Waals surface area contributed by atoms with Crippen molar-refractivity contribution in [3.8, 4) is 0 Å². The molecule has 7 heteroatoms. The fourth-order valence-electron chi connectivity index (χ4n) is 1.77. The molecule has 0 unspecified atom stereocenters. The summed E-state index contributed by atoms with van der Waals surface area (Å²) in [6, 6.07) is 3.90. The first kappa shape index (κ1) is 14.6. The Balaban J connectivity index is 2.12. The number of benzene rings is 1. The second-order valence-electron chi connectivity index (χ2n) is 4.59. The van der Waals surface area contributed by atoms with Gasteiger partial charge in [-0.1, -0.05) is 0 Å². The number of hydrogen-bond acceptors (Lipinski definition) is 4. The van der Waals surface area contributed by atoms with Crippen LogP contribution in [0.1, 0.15) is 12.8 Å². The smallest absolute Gasteiger partial charge is 0.240 e. The average molecular weight is 304 g/mol. The lowest BCUT2D eigenvalue weighted by Crippen LogP contribution is -2.20. The summed E-state index contributed by atoms with van der Waals surface area (Å²) >= 11 is 1.78. The Kier molecular flexibility index (Phi) is 4.08. The summed E-state index contributed by atoms with van der Waals surface area (Å²) < 4.78 is 39.3. The van der Waals surface area contributed by atoms with Gasteiger partial charge in [0.25, 0.3) is 0 Å². The molecule has 2 N–H and O–H groups in total. The van der Waals surface area contributed by atoms with E-state index in [1.54, 1.807) is 11.8 Å². The molecule has 0 aliphatic heterocycles. The van der Waals surface area contributed by atoms with Crippen LogP contribution in [0.25, 0.3) is 0 Å². The van der Waals surface area contributed by atoms with E-state index in [0.29, 0.717) is 12.2 Å². The van der Waals surface area contributed by atoms with E-state index in [0.717, 1.165) is 18.9 Å². The van der Waals surface area contributed by atoms with Gasteiger partial charge in [0.2, 0.25) is 10.0 Å². The summed E-state index contributed by atoms with van der Waals surface area (Å²) in [7, 11) is -2.29. The Morgan fingerprint density at radius 3 is 2.58 bits per heavy atom. The van der Waals surface area contributed by atoms with Crippen LogP contribution < -0.4 is 10.0 Å². The molecule has 2 rings (SSSR count). The van der Waals surface area contributed by atoms with Crippen molar-refractivity contribution in [2.24, 2.45) is 0 Å². The summed E-state index contributed by atoms with van der Waals surface area (Å²) in [4.78, 5) is -0.0657. The molecule has 0 bridgehead atoms. The van der Waals surface area contributed by atoms with Crippen molar-refractivity contribution in [2.45, 2.75) is 22.5 Å². The van der Waals surface area contributed by atoms with E-state index < -0.39 is 15.8 Å². The SMILES string of the molecule is CNS(=O)(=O)c1ccc(NCC2(SC)CC2)c(F)c1. The molecule has 0 aromatic heterocycles. The summed E-state index contributed by atoms with van der Waals surface area (Å²) in [5, 5.41) is 3.05. The van der Waals surface area contributed by atoms with Crippen LogP contribution in [0.4, 0.5) is 10.1 Å².